The fourth-order valence-corrected chi connectivity index (χ4v) is 3.88. The molecule has 7 nitrogen and oxygen atoms in total. The van der Waals surface area contributed by atoms with Crippen LogP contribution in [0.25, 0.3) is 0 Å². The molecule has 2 aliphatic rings. The third-order valence-electron chi connectivity index (χ3n) is 5.01. The number of methoxy groups -OCH3 is 2. The molecule has 0 saturated heterocycles. The Morgan fingerprint density at radius 3 is 2.77 bits per heavy atom. The van der Waals surface area contributed by atoms with E-state index in [1.807, 2.05) is 18.2 Å². The van der Waals surface area contributed by atoms with Crippen LogP contribution in [0.3, 0.4) is 0 Å². The van der Waals surface area contributed by atoms with Gasteiger partial charge in [-0.3, -0.25) is 4.79 Å². The van der Waals surface area contributed by atoms with Gasteiger partial charge in [-0.1, -0.05) is 13.8 Å². The van der Waals surface area contributed by atoms with Crippen molar-refractivity contribution in [2.75, 3.05) is 19.5 Å². The zero-order chi connectivity index (χ0) is 18.5. The summed E-state index contributed by atoms with van der Waals surface area (Å²) in [5.41, 5.74) is 2.45. The second-order valence-electron chi connectivity index (χ2n) is 7.50. The van der Waals surface area contributed by atoms with Gasteiger partial charge in [-0.2, -0.15) is 10.1 Å². The number of nitrogens with zero attached hydrogens (tertiary/aromatic N) is 3. The molecule has 4 rings (SSSR count). The summed E-state index contributed by atoms with van der Waals surface area (Å²) in [7, 11) is 3.23. The van der Waals surface area contributed by atoms with Gasteiger partial charge in [-0.15, -0.1) is 0 Å². The van der Waals surface area contributed by atoms with E-state index in [0.717, 1.165) is 23.3 Å². The van der Waals surface area contributed by atoms with Crippen LogP contribution in [0.2, 0.25) is 0 Å². The molecule has 2 heterocycles. The number of allylic oxidation sites excluding steroid dienone is 2. The number of fused-ring (bicyclic) bond motifs is 1. The maximum absolute atomic E-state index is 13.1. The molecular formula is C19H22N4O3. The third-order valence-corrected chi connectivity index (χ3v) is 5.01. The standard InChI is InChI=1S/C19H22N4O3/c1-19(2)8-13-16(14(24)9-19)17(23-18(22-13)20-10-21-23)12-6-5-11(25-3)7-15(12)26-4/h5-7,10,17H,8-9H2,1-4H3,(H,20,21,22)/t17-/m0/s1. The Bertz CT molecular complexity index is 913. The SMILES string of the molecule is COc1ccc([C@H]2C3=C(CC(C)(C)CC3=O)Nc3ncnn32)c(OC)c1. The molecule has 0 unspecified atom stereocenters. The highest BCUT2D eigenvalue weighted by molar-refractivity contribution is 6.00. The number of anilines is 1. The number of hydrogen-bond acceptors (Lipinski definition) is 6. The molecule has 0 radical (unpaired) electrons. The fourth-order valence-electron chi connectivity index (χ4n) is 3.88. The summed E-state index contributed by atoms with van der Waals surface area (Å²) >= 11 is 0. The number of rotatable bonds is 3. The Labute approximate surface area is 152 Å². The van der Waals surface area contributed by atoms with Gasteiger partial charge >= 0.3 is 0 Å². The topological polar surface area (TPSA) is 78.3 Å². The van der Waals surface area contributed by atoms with E-state index < -0.39 is 0 Å². The van der Waals surface area contributed by atoms with Gasteiger partial charge in [-0.05, 0) is 24.0 Å². The van der Waals surface area contributed by atoms with Crippen LogP contribution < -0.4 is 14.8 Å². The van der Waals surface area contributed by atoms with E-state index >= 15 is 0 Å². The normalized spacial score (nSPS) is 20.9. The van der Waals surface area contributed by atoms with Gasteiger partial charge in [0.05, 0.1) is 14.2 Å². The first-order chi connectivity index (χ1) is 12.4. The average molecular weight is 354 g/mol. The molecule has 0 spiro atoms. The maximum Gasteiger partial charge on any atom is 0.226 e. The Kier molecular flexibility index (Phi) is 3.75. The molecule has 1 aromatic heterocycles. The van der Waals surface area contributed by atoms with Crippen LogP contribution in [-0.4, -0.2) is 34.8 Å². The van der Waals surface area contributed by atoms with Crippen LogP contribution in [0.4, 0.5) is 5.95 Å². The summed E-state index contributed by atoms with van der Waals surface area (Å²) in [5.74, 6) is 2.12. The van der Waals surface area contributed by atoms with E-state index in [-0.39, 0.29) is 17.2 Å². The molecule has 0 bridgehead atoms. The molecule has 1 aliphatic carbocycles. The van der Waals surface area contributed by atoms with Crippen molar-refractivity contribution < 1.29 is 14.3 Å². The van der Waals surface area contributed by atoms with Crippen molar-refractivity contribution in [2.24, 2.45) is 5.41 Å². The molecule has 1 aliphatic heterocycles. The number of nitrogens with one attached hydrogen (secondary N) is 1. The number of benzene rings is 1. The van der Waals surface area contributed by atoms with E-state index in [4.69, 9.17) is 9.47 Å². The van der Waals surface area contributed by atoms with Crippen molar-refractivity contribution in [3.05, 3.63) is 41.4 Å². The van der Waals surface area contributed by atoms with Crippen molar-refractivity contribution in [2.45, 2.75) is 32.7 Å². The van der Waals surface area contributed by atoms with E-state index in [2.05, 4.69) is 29.2 Å². The van der Waals surface area contributed by atoms with Gasteiger partial charge in [0.15, 0.2) is 5.78 Å². The van der Waals surface area contributed by atoms with E-state index in [1.54, 1.807) is 18.9 Å². The number of aromatic nitrogens is 3. The summed E-state index contributed by atoms with van der Waals surface area (Å²) in [6.07, 6.45) is 2.79. The monoisotopic (exact) mass is 354 g/mol. The van der Waals surface area contributed by atoms with Crippen molar-refractivity contribution in [1.82, 2.24) is 14.8 Å². The number of ketones is 1. The molecule has 0 fully saturated rings. The van der Waals surface area contributed by atoms with E-state index in [1.165, 1.54) is 6.33 Å². The minimum Gasteiger partial charge on any atom is -0.497 e. The highest BCUT2D eigenvalue weighted by Crippen LogP contribution is 2.47. The predicted octanol–water partition coefficient (Wildman–Crippen LogP) is 2.95. The molecule has 0 amide bonds. The minimum absolute atomic E-state index is 0.0837. The van der Waals surface area contributed by atoms with Crippen LogP contribution >= 0.6 is 0 Å². The Morgan fingerprint density at radius 1 is 1.23 bits per heavy atom. The van der Waals surface area contributed by atoms with Gasteiger partial charge in [0.2, 0.25) is 5.95 Å². The molecular weight excluding hydrogens is 332 g/mol. The van der Waals surface area contributed by atoms with E-state index in [9.17, 15) is 4.79 Å². The minimum atomic E-state index is -0.367. The third kappa shape index (κ3) is 2.55. The largest absolute Gasteiger partial charge is 0.497 e. The Balaban J connectivity index is 1.92. The highest BCUT2D eigenvalue weighted by atomic mass is 16.5. The van der Waals surface area contributed by atoms with Crippen LogP contribution in [0.15, 0.2) is 35.8 Å². The van der Waals surface area contributed by atoms with Gasteiger partial charge < -0.3 is 14.8 Å². The molecule has 1 N–H and O–H groups in total. The first kappa shape index (κ1) is 16.6. The summed E-state index contributed by atoms with van der Waals surface area (Å²) < 4.78 is 12.6. The second-order valence-corrected chi connectivity index (χ2v) is 7.50. The van der Waals surface area contributed by atoms with Gasteiger partial charge in [0.1, 0.15) is 23.9 Å². The lowest BCUT2D eigenvalue weighted by Crippen LogP contribution is -2.36. The number of carbonyl (C=O) groups excluding carboxylic acids is 1. The molecule has 7 heteroatoms. The molecule has 1 aromatic carbocycles. The van der Waals surface area contributed by atoms with Crippen molar-refractivity contribution in [1.29, 1.82) is 0 Å². The Morgan fingerprint density at radius 2 is 2.04 bits per heavy atom. The summed E-state index contributed by atoms with van der Waals surface area (Å²) in [4.78, 5) is 17.4. The smallest absolute Gasteiger partial charge is 0.226 e. The predicted molar refractivity (Wildman–Crippen MR) is 96.4 cm³/mol. The Hall–Kier alpha value is -2.83. The van der Waals surface area contributed by atoms with Crippen molar-refractivity contribution >= 4 is 11.7 Å². The molecule has 136 valence electrons. The quantitative estimate of drug-likeness (QED) is 0.913. The molecule has 0 saturated carbocycles. The van der Waals surface area contributed by atoms with Crippen molar-refractivity contribution in [3.63, 3.8) is 0 Å². The van der Waals surface area contributed by atoms with E-state index in [0.29, 0.717) is 23.9 Å². The van der Waals surface area contributed by atoms with Crippen molar-refractivity contribution in [3.8, 4) is 11.5 Å². The number of Topliss-reactive ketones (excluding diaryl/α,β-unsaturated/α-hetero) is 1. The zero-order valence-corrected chi connectivity index (χ0v) is 15.4. The summed E-state index contributed by atoms with van der Waals surface area (Å²) in [6, 6.07) is 5.25. The van der Waals surface area contributed by atoms with Gasteiger partial charge in [0, 0.05) is 29.3 Å². The summed E-state index contributed by atoms with van der Waals surface area (Å²) in [5, 5.41) is 7.67. The average Bonchev–Trinajstić information content (AvgIpc) is 3.06. The van der Waals surface area contributed by atoms with Gasteiger partial charge in [-0.25, -0.2) is 4.68 Å². The zero-order valence-electron chi connectivity index (χ0n) is 15.4. The fraction of sp³-hybridized carbons (Fsp3) is 0.421. The number of hydrogen-bond donors (Lipinski definition) is 1. The first-order valence-electron chi connectivity index (χ1n) is 8.58. The molecule has 1 atom stereocenters. The lowest BCUT2D eigenvalue weighted by Gasteiger charge is -2.38. The highest BCUT2D eigenvalue weighted by Gasteiger charge is 2.42. The first-order valence-corrected chi connectivity index (χ1v) is 8.58. The maximum atomic E-state index is 13.1. The molecule has 2 aromatic rings. The second kappa shape index (κ2) is 5.86. The van der Waals surface area contributed by atoms with Crippen LogP contribution in [0.5, 0.6) is 11.5 Å². The van der Waals surface area contributed by atoms with Crippen LogP contribution in [0, 0.1) is 5.41 Å². The van der Waals surface area contributed by atoms with Crippen LogP contribution in [0.1, 0.15) is 38.3 Å². The lowest BCUT2D eigenvalue weighted by atomic mass is 9.73. The van der Waals surface area contributed by atoms with Gasteiger partial charge in [0.25, 0.3) is 0 Å². The number of ether oxygens (including phenoxy) is 2. The van der Waals surface area contributed by atoms with Crippen LogP contribution in [-0.2, 0) is 4.79 Å². The molecule has 26 heavy (non-hydrogen) atoms. The lowest BCUT2D eigenvalue weighted by molar-refractivity contribution is -0.118. The number of carbonyl (C=O) groups is 1. The summed E-state index contributed by atoms with van der Waals surface area (Å²) in [6.45, 7) is 4.22.